The van der Waals surface area contributed by atoms with Crippen LogP contribution < -0.4 is 15.2 Å². The highest BCUT2D eigenvalue weighted by atomic mass is 35.5. The summed E-state index contributed by atoms with van der Waals surface area (Å²) in [5.74, 6) is 1.21. The summed E-state index contributed by atoms with van der Waals surface area (Å²) < 4.78 is 11.3. The van der Waals surface area contributed by atoms with Crippen LogP contribution >= 0.6 is 11.6 Å². The predicted molar refractivity (Wildman–Crippen MR) is 86.3 cm³/mol. The van der Waals surface area contributed by atoms with Crippen LogP contribution in [0, 0.1) is 6.92 Å². The molecule has 0 aliphatic rings. The summed E-state index contributed by atoms with van der Waals surface area (Å²) in [6, 6.07) is 11.9. The lowest BCUT2D eigenvalue weighted by Gasteiger charge is -2.15. The fourth-order valence-corrected chi connectivity index (χ4v) is 2.43. The van der Waals surface area contributed by atoms with Crippen molar-refractivity contribution in [3.05, 3.63) is 58.1 Å². The van der Waals surface area contributed by atoms with E-state index in [2.05, 4.69) is 13.0 Å². The zero-order valence-corrected chi connectivity index (χ0v) is 13.1. The monoisotopic (exact) mass is 305 g/mol. The van der Waals surface area contributed by atoms with Gasteiger partial charge in [0.05, 0.1) is 12.1 Å². The van der Waals surface area contributed by atoms with E-state index in [-0.39, 0.29) is 0 Å². The molecule has 0 spiro atoms. The van der Waals surface area contributed by atoms with Gasteiger partial charge in [-0.25, -0.2) is 0 Å². The van der Waals surface area contributed by atoms with Crippen molar-refractivity contribution in [2.75, 3.05) is 13.7 Å². The Morgan fingerprint density at radius 1 is 1.19 bits per heavy atom. The van der Waals surface area contributed by atoms with Crippen molar-refractivity contribution >= 4 is 11.6 Å². The summed E-state index contributed by atoms with van der Waals surface area (Å²) in [6.45, 7) is 3.09. The minimum absolute atomic E-state index is 0.457. The number of hydrogen-bond acceptors (Lipinski definition) is 3. The Morgan fingerprint density at radius 2 is 1.95 bits per heavy atom. The second-order valence-electron chi connectivity index (χ2n) is 4.86. The maximum absolute atomic E-state index is 6.31. The van der Waals surface area contributed by atoms with Gasteiger partial charge in [0.2, 0.25) is 0 Å². The van der Waals surface area contributed by atoms with Crippen LogP contribution in [0.4, 0.5) is 0 Å². The number of methoxy groups -OCH3 is 1. The zero-order valence-electron chi connectivity index (χ0n) is 12.4. The Hall–Kier alpha value is -1.71. The topological polar surface area (TPSA) is 44.5 Å². The van der Waals surface area contributed by atoms with Gasteiger partial charge in [0.25, 0.3) is 0 Å². The first-order chi connectivity index (χ1) is 10.2. The van der Waals surface area contributed by atoms with Gasteiger partial charge in [-0.2, -0.15) is 0 Å². The minimum Gasteiger partial charge on any atom is -0.493 e. The van der Waals surface area contributed by atoms with Crippen molar-refractivity contribution in [1.82, 2.24) is 0 Å². The third-order valence-corrected chi connectivity index (χ3v) is 3.64. The van der Waals surface area contributed by atoms with Crippen LogP contribution in [0.5, 0.6) is 11.5 Å². The van der Waals surface area contributed by atoms with Gasteiger partial charge in [-0.05, 0) is 48.7 Å². The molecule has 0 amide bonds. The Balaban J connectivity index is 2.21. The average Bonchev–Trinajstić information content (AvgIpc) is 2.47. The van der Waals surface area contributed by atoms with Crippen LogP contribution in [-0.2, 0) is 13.0 Å². The molecule has 0 heterocycles. The zero-order chi connectivity index (χ0) is 15.2. The van der Waals surface area contributed by atoms with Gasteiger partial charge in [-0.3, -0.25) is 0 Å². The van der Waals surface area contributed by atoms with Gasteiger partial charge < -0.3 is 15.2 Å². The summed E-state index contributed by atoms with van der Waals surface area (Å²) in [7, 11) is 1.61. The third-order valence-electron chi connectivity index (χ3n) is 3.36. The molecule has 0 atom stereocenters. The standard InChI is InChI=1S/C17H20ClNO2/c1-12-5-3-4-6-14(12)11-21-17-15(18)9-13(7-8-19)10-16(17)20-2/h3-6,9-10H,7-8,11,19H2,1-2H3. The van der Waals surface area contributed by atoms with Crippen LogP contribution in [0.15, 0.2) is 36.4 Å². The van der Waals surface area contributed by atoms with E-state index in [1.54, 1.807) is 7.11 Å². The largest absolute Gasteiger partial charge is 0.493 e. The quantitative estimate of drug-likeness (QED) is 0.884. The smallest absolute Gasteiger partial charge is 0.180 e. The maximum Gasteiger partial charge on any atom is 0.180 e. The fourth-order valence-electron chi connectivity index (χ4n) is 2.15. The summed E-state index contributed by atoms with van der Waals surface area (Å²) >= 11 is 6.31. The van der Waals surface area contributed by atoms with E-state index < -0.39 is 0 Å². The van der Waals surface area contributed by atoms with Crippen LogP contribution in [0.2, 0.25) is 5.02 Å². The highest BCUT2D eigenvalue weighted by molar-refractivity contribution is 6.32. The van der Waals surface area contributed by atoms with Crippen molar-refractivity contribution < 1.29 is 9.47 Å². The molecule has 0 radical (unpaired) electrons. The fraction of sp³-hybridized carbons (Fsp3) is 0.294. The lowest BCUT2D eigenvalue weighted by molar-refractivity contribution is 0.284. The first-order valence-corrected chi connectivity index (χ1v) is 7.27. The molecule has 3 nitrogen and oxygen atoms in total. The molecule has 0 aromatic heterocycles. The number of rotatable bonds is 6. The highest BCUT2D eigenvalue weighted by Crippen LogP contribution is 2.37. The van der Waals surface area contributed by atoms with Crippen molar-refractivity contribution in [3.63, 3.8) is 0 Å². The van der Waals surface area contributed by atoms with Crippen molar-refractivity contribution in [2.45, 2.75) is 20.0 Å². The molecule has 0 aliphatic carbocycles. The van der Waals surface area contributed by atoms with Gasteiger partial charge >= 0.3 is 0 Å². The summed E-state index contributed by atoms with van der Waals surface area (Å²) in [4.78, 5) is 0. The Kier molecular flexibility index (Phi) is 5.48. The molecular formula is C17H20ClNO2. The van der Waals surface area contributed by atoms with E-state index >= 15 is 0 Å². The number of benzene rings is 2. The molecule has 0 bridgehead atoms. The van der Waals surface area contributed by atoms with Crippen molar-refractivity contribution in [2.24, 2.45) is 5.73 Å². The minimum atomic E-state index is 0.457. The van der Waals surface area contributed by atoms with Gasteiger partial charge in [-0.15, -0.1) is 0 Å². The number of ether oxygens (including phenoxy) is 2. The normalized spacial score (nSPS) is 10.5. The Morgan fingerprint density at radius 3 is 2.62 bits per heavy atom. The van der Waals surface area contributed by atoms with Crippen LogP contribution in [0.25, 0.3) is 0 Å². The van der Waals surface area contributed by atoms with Crippen molar-refractivity contribution in [3.8, 4) is 11.5 Å². The van der Waals surface area contributed by atoms with E-state index in [0.717, 1.165) is 17.5 Å². The van der Waals surface area contributed by atoms with E-state index in [4.69, 9.17) is 26.8 Å². The summed E-state index contributed by atoms with van der Waals surface area (Å²) in [5.41, 5.74) is 8.93. The molecule has 0 saturated heterocycles. The lowest BCUT2D eigenvalue weighted by Crippen LogP contribution is -2.04. The first-order valence-electron chi connectivity index (χ1n) is 6.89. The SMILES string of the molecule is COc1cc(CCN)cc(Cl)c1OCc1ccccc1C. The van der Waals surface area contributed by atoms with Crippen molar-refractivity contribution in [1.29, 1.82) is 0 Å². The maximum atomic E-state index is 6.31. The highest BCUT2D eigenvalue weighted by Gasteiger charge is 2.12. The number of hydrogen-bond donors (Lipinski definition) is 1. The van der Waals surface area contributed by atoms with Crippen LogP contribution in [0.3, 0.4) is 0 Å². The van der Waals surface area contributed by atoms with Gasteiger partial charge in [-0.1, -0.05) is 35.9 Å². The molecule has 2 N–H and O–H groups in total. The molecule has 21 heavy (non-hydrogen) atoms. The molecule has 2 aromatic rings. The third kappa shape index (κ3) is 3.90. The van der Waals surface area contributed by atoms with Gasteiger partial charge in [0.1, 0.15) is 6.61 Å². The first kappa shape index (κ1) is 15.7. The van der Waals surface area contributed by atoms with Crippen LogP contribution in [0.1, 0.15) is 16.7 Å². The number of aryl methyl sites for hydroxylation is 1. The van der Waals surface area contributed by atoms with Gasteiger partial charge in [0.15, 0.2) is 11.5 Å². The van der Waals surface area contributed by atoms with E-state index in [1.807, 2.05) is 30.3 Å². The van der Waals surface area contributed by atoms with E-state index in [0.29, 0.717) is 29.7 Å². The molecule has 0 saturated carbocycles. The lowest BCUT2D eigenvalue weighted by atomic mass is 10.1. The second-order valence-corrected chi connectivity index (χ2v) is 5.27. The summed E-state index contributed by atoms with van der Waals surface area (Å²) in [6.07, 6.45) is 0.758. The Labute approximate surface area is 130 Å². The molecule has 0 fully saturated rings. The molecule has 0 unspecified atom stereocenters. The molecule has 2 aromatic carbocycles. The van der Waals surface area contributed by atoms with Crippen LogP contribution in [-0.4, -0.2) is 13.7 Å². The average molecular weight is 306 g/mol. The van der Waals surface area contributed by atoms with E-state index in [9.17, 15) is 0 Å². The Bertz CT molecular complexity index is 614. The molecule has 0 aliphatic heterocycles. The number of halogens is 1. The number of nitrogens with two attached hydrogens (primary N) is 1. The predicted octanol–water partition coefficient (Wildman–Crippen LogP) is 3.74. The van der Waals surface area contributed by atoms with Gasteiger partial charge in [0, 0.05) is 0 Å². The molecule has 4 heteroatoms. The molecule has 112 valence electrons. The molecular weight excluding hydrogens is 286 g/mol. The second kappa shape index (κ2) is 7.34. The molecule has 2 rings (SSSR count). The summed E-state index contributed by atoms with van der Waals surface area (Å²) in [5, 5.41) is 0.548. The van der Waals surface area contributed by atoms with E-state index in [1.165, 1.54) is 5.56 Å².